The van der Waals surface area contributed by atoms with Crippen molar-refractivity contribution in [2.45, 2.75) is 18.2 Å². The summed E-state index contributed by atoms with van der Waals surface area (Å²) in [7, 11) is -4.01. The molecule has 2 aromatic carbocycles. The van der Waals surface area contributed by atoms with Crippen molar-refractivity contribution in [3.8, 4) is 16.9 Å². The van der Waals surface area contributed by atoms with E-state index in [2.05, 4.69) is 5.10 Å². The lowest BCUT2D eigenvalue weighted by Crippen LogP contribution is -2.05. The molecule has 0 saturated heterocycles. The molecule has 28 heavy (non-hydrogen) atoms. The molecule has 1 aromatic heterocycles. The molecule has 148 valence electrons. The van der Waals surface area contributed by atoms with Crippen LogP contribution in [0.1, 0.15) is 17.7 Å². The highest BCUT2D eigenvalue weighted by Crippen LogP contribution is 2.33. The molecule has 4 nitrogen and oxygen atoms in total. The predicted molar refractivity (Wildman–Crippen MR) is 96.7 cm³/mol. The van der Waals surface area contributed by atoms with Crippen LogP contribution in [0.3, 0.4) is 0 Å². The van der Waals surface area contributed by atoms with E-state index in [1.807, 2.05) is 0 Å². The zero-order valence-electron chi connectivity index (χ0n) is 14.6. The van der Waals surface area contributed by atoms with E-state index in [0.29, 0.717) is 28.4 Å². The van der Waals surface area contributed by atoms with E-state index in [9.17, 15) is 26.0 Å². The first-order chi connectivity index (χ1) is 13.0. The maximum absolute atomic E-state index is 14.6. The molecule has 10 heteroatoms. The van der Waals surface area contributed by atoms with Gasteiger partial charge in [0.25, 0.3) is 6.43 Å². The topological polar surface area (TPSA) is 52.0 Å². The predicted octanol–water partition coefficient (Wildman–Crippen LogP) is 5.12. The Morgan fingerprint density at radius 3 is 2.32 bits per heavy atom. The van der Waals surface area contributed by atoms with Gasteiger partial charge in [-0.25, -0.2) is 30.7 Å². The monoisotopic (exact) mass is 432 g/mol. The minimum atomic E-state index is -4.01. The lowest BCUT2D eigenvalue weighted by Gasteiger charge is -2.11. The van der Waals surface area contributed by atoms with Gasteiger partial charge < -0.3 is 0 Å². The molecule has 0 bridgehead atoms. The smallest absolute Gasteiger partial charge is 0.233 e. The minimum absolute atomic E-state index is 0.159. The Morgan fingerprint density at radius 2 is 1.75 bits per heavy atom. The molecular weight excluding hydrogens is 420 g/mol. The van der Waals surface area contributed by atoms with Gasteiger partial charge in [-0.15, -0.1) is 0 Å². The number of hydrogen-bond donors (Lipinski definition) is 0. The van der Waals surface area contributed by atoms with E-state index in [0.717, 1.165) is 17.0 Å². The number of hydrogen-bond acceptors (Lipinski definition) is 3. The Kier molecular flexibility index (Phi) is 5.24. The van der Waals surface area contributed by atoms with Crippen molar-refractivity contribution >= 4 is 21.4 Å². The number of benzene rings is 2. The Labute approximate surface area is 163 Å². The van der Waals surface area contributed by atoms with Gasteiger partial charge in [-0.05, 0) is 48.9 Å². The zero-order valence-corrected chi connectivity index (χ0v) is 16.1. The highest BCUT2D eigenvalue weighted by Gasteiger charge is 2.23. The Balaban J connectivity index is 2.27. The van der Waals surface area contributed by atoms with Crippen molar-refractivity contribution in [3.05, 3.63) is 64.3 Å². The highest BCUT2D eigenvalue weighted by atomic mass is 35.5. The Hall–Kier alpha value is -2.39. The molecule has 0 aliphatic carbocycles. The number of nitrogens with zero attached hydrogens (tertiary/aromatic N) is 2. The van der Waals surface area contributed by atoms with Crippen LogP contribution in [0.2, 0.25) is 5.02 Å². The molecule has 0 N–H and O–H groups in total. The number of aromatic nitrogens is 2. The number of aryl methyl sites for hydroxylation is 1. The molecule has 3 aromatic rings. The average Bonchev–Trinajstić information content (AvgIpc) is 3.03. The molecule has 0 aliphatic heterocycles. The fourth-order valence-corrected chi connectivity index (χ4v) is 3.51. The highest BCUT2D eigenvalue weighted by molar-refractivity contribution is 7.90. The molecule has 0 radical (unpaired) electrons. The van der Waals surface area contributed by atoms with E-state index < -0.39 is 44.1 Å². The molecule has 0 saturated carbocycles. The van der Waals surface area contributed by atoms with Gasteiger partial charge in [-0.2, -0.15) is 5.10 Å². The summed E-state index contributed by atoms with van der Waals surface area (Å²) in [5.41, 5.74) is -0.283. The zero-order chi connectivity index (χ0) is 20.8. The molecule has 0 unspecified atom stereocenters. The summed E-state index contributed by atoms with van der Waals surface area (Å²) < 4.78 is 79.5. The summed E-state index contributed by atoms with van der Waals surface area (Å²) in [5, 5.41) is 4.22. The summed E-state index contributed by atoms with van der Waals surface area (Å²) >= 11 is 5.97. The lowest BCUT2D eigenvalue weighted by molar-refractivity contribution is 0.145. The molecule has 0 fully saturated rings. The van der Waals surface area contributed by atoms with Crippen LogP contribution in [-0.2, 0) is 9.84 Å². The van der Waals surface area contributed by atoms with Crippen LogP contribution >= 0.6 is 11.6 Å². The molecule has 0 aliphatic rings. The maximum atomic E-state index is 14.6. The fourth-order valence-electron chi connectivity index (χ4n) is 2.66. The van der Waals surface area contributed by atoms with E-state index in [4.69, 9.17) is 11.6 Å². The molecule has 0 spiro atoms. The van der Waals surface area contributed by atoms with Crippen LogP contribution in [0.15, 0.2) is 41.3 Å². The van der Waals surface area contributed by atoms with E-state index in [1.165, 1.54) is 12.1 Å². The van der Waals surface area contributed by atoms with E-state index in [1.54, 1.807) is 13.0 Å². The summed E-state index contributed by atoms with van der Waals surface area (Å²) in [6, 6.07) is 6.65. The SMILES string of the molecule is Cc1cc(-n2nc(C(F)F)cc2-c2cc(F)c(S(C)(=O)=O)cc2F)ccc1Cl. The second-order valence-corrected chi connectivity index (χ2v) is 8.53. The normalized spacial score (nSPS) is 12.0. The first-order valence-electron chi connectivity index (χ1n) is 7.83. The summed E-state index contributed by atoms with van der Waals surface area (Å²) in [6.45, 7) is 1.68. The number of halogens is 5. The lowest BCUT2D eigenvalue weighted by atomic mass is 10.1. The molecule has 3 rings (SSSR count). The average molecular weight is 433 g/mol. The summed E-state index contributed by atoms with van der Waals surface area (Å²) in [4.78, 5) is -0.823. The van der Waals surface area contributed by atoms with Crippen LogP contribution in [0, 0.1) is 18.6 Å². The molecular formula is C18H13ClF4N2O2S. The van der Waals surface area contributed by atoms with Crippen molar-refractivity contribution < 1.29 is 26.0 Å². The minimum Gasteiger partial charge on any atom is -0.233 e. The van der Waals surface area contributed by atoms with Crippen molar-refractivity contribution in [3.63, 3.8) is 0 Å². The first kappa shape index (κ1) is 20.3. The summed E-state index contributed by atoms with van der Waals surface area (Å²) in [5.74, 6) is -2.29. The maximum Gasteiger partial charge on any atom is 0.282 e. The Bertz CT molecular complexity index is 1180. The van der Waals surface area contributed by atoms with Gasteiger partial charge >= 0.3 is 0 Å². The quantitative estimate of drug-likeness (QED) is 0.538. The van der Waals surface area contributed by atoms with E-state index >= 15 is 0 Å². The van der Waals surface area contributed by atoms with Crippen molar-refractivity contribution in [2.24, 2.45) is 0 Å². The third-order valence-electron chi connectivity index (χ3n) is 4.03. The van der Waals surface area contributed by atoms with E-state index in [-0.39, 0.29) is 5.69 Å². The van der Waals surface area contributed by atoms with Crippen molar-refractivity contribution in [1.82, 2.24) is 9.78 Å². The largest absolute Gasteiger partial charge is 0.282 e. The van der Waals surface area contributed by atoms with Crippen LogP contribution in [0.25, 0.3) is 16.9 Å². The summed E-state index contributed by atoms with van der Waals surface area (Å²) in [6.07, 6.45) is -2.21. The second kappa shape index (κ2) is 7.21. The van der Waals surface area contributed by atoms with Crippen LogP contribution < -0.4 is 0 Å². The van der Waals surface area contributed by atoms with Crippen molar-refractivity contribution in [1.29, 1.82) is 0 Å². The van der Waals surface area contributed by atoms with Gasteiger partial charge in [-0.1, -0.05) is 11.6 Å². The van der Waals surface area contributed by atoms with Gasteiger partial charge in [-0.3, -0.25) is 0 Å². The van der Waals surface area contributed by atoms with Gasteiger partial charge in [0.15, 0.2) is 9.84 Å². The number of sulfone groups is 1. The second-order valence-electron chi connectivity index (χ2n) is 6.14. The van der Waals surface area contributed by atoms with Gasteiger partial charge in [0.05, 0.1) is 11.4 Å². The van der Waals surface area contributed by atoms with Gasteiger partial charge in [0, 0.05) is 16.8 Å². The number of alkyl halides is 2. The molecule has 1 heterocycles. The third-order valence-corrected chi connectivity index (χ3v) is 5.57. The molecule has 0 atom stereocenters. The Morgan fingerprint density at radius 1 is 1.07 bits per heavy atom. The molecule has 0 amide bonds. The van der Waals surface area contributed by atoms with Gasteiger partial charge in [0.2, 0.25) is 0 Å². The fraction of sp³-hybridized carbons (Fsp3) is 0.167. The number of rotatable bonds is 4. The van der Waals surface area contributed by atoms with Crippen LogP contribution in [-0.4, -0.2) is 24.5 Å². The first-order valence-corrected chi connectivity index (χ1v) is 10.1. The van der Waals surface area contributed by atoms with Crippen LogP contribution in [0.5, 0.6) is 0 Å². The third kappa shape index (κ3) is 3.77. The van der Waals surface area contributed by atoms with Gasteiger partial charge in [0.1, 0.15) is 22.2 Å². The standard InChI is InChI=1S/C18H13ClF4N2O2S/c1-9-5-10(3-4-12(9)19)25-16(8-15(24-25)18(22)23)11-6-14(21)17(7-13(11)20)28(2,26)27/h3-8,18H,1-2H3. The van der Waals surface area contributed by atoms with Crippen LogP contribution in [0.4, 0.5) is 17.6 Å². The van der Waals surface area contributed by atoms with Crippen molar-refractivity contribution in [2.75, 3.05) is 6.26 Å².